The van der Waals surface area contributed by atoms with E-state index in [1.165, 1.54) is 6.92 Å². The third-order valence-corrected chi connectivity index (χ3v) is 3.01. The van der Waals surface area contributed by atoms with Crippen molar-refractivity contribution < 1.29 is 14.3 Å². The monoisotopic (exact) mass is 232 g/mol. The normalized spacial score (nSPS) is 16.3. The number of hydrogen-bond acceptors (Lipinski definition) is 3. The number of carbonyl (C=O) groups is 2. The average molecular weight is 232 g/mol. The highest BCUT2D eigenvalue weighted by atomic mass is 16.5. The molecule has 0 spiro atoms. The van der Waals surface area contributed by atoms with Crippen molar-refractivity contribution >= 4 is 11.8 Å². The lowest BCUT2D eigenvalue weighted by Gasteiger charge is -2.12. The van der Waals surface area contributed by atoms with E-state index in [9.17, 15) is 9.59 Å². The van der Waals surface area contributed by atoms with E-state index in [1.807, 2.05) is 30.3 Å². The minimum Gasteiger partial charge on any atom is -0.460 e. The van der Waals surface area contributed by atoms with Gasteiger partial charge in [-0.25, -0.2) is 0 Å². The number of ether oxygens (including phenoxy) is 1. The van der Waals surface area contributed by atoms with E-state index in [4.69, 9.17) is 4.74 Å². The van der Waals surface area contributed by atoms with Crippen LogP contribution < -0.4 is 0 Å². The highest BCUT2D eigenvalue weighted by molar-refractivity contribution is 5.98. The first-order valence-corrected chi connectivity index (χ1v) is 5.89. The molecule has 1 saturated carbocycles. The molecule has 0 unspecified atom stereocenters. The van der Waals surface area contributed by atoms with Gasteiger partial charge in [0, 0.05) is 0 Å². The Hall–Kier alpha value is -1.64. The van der Waals surface area contributed by atoms with Crippen molar-refractivity contribution in [1.82, 2.24) is 0 Å². The van der Waals surface area contributed by atoms with Crippen LogP contribution in [0.15, 0.2) is 30.3 Å². The van der Waals surface area contributed by atoms with Crippen LogP contribution in [0.25, 0.3) is 0 Å². The van der Waals surface area contributed by atoms with Gasteiger partial charge in [-0.05, 0) is 31.2 Å². The van der Waals surface area contributed by atoms with Gasteiger partial charge in [-0.15, -0.1) is 0 Å². The topological polar surface area (TPSA) is 43.4 Å². The number of esters is 1. The van der Waals surface area contributed by atoms with Gasteiger partial charge in [0.15, 0.2) is 0 Å². The van der Waals surface area contributed by atoms with E-state index in [0.717, 1.165) is 18.4 Å². The van der Waals surface area contributed by atoms with Crippen LogP contribution in [-0.2, 0) is 20.9 Å². The summed E-state index contributed by atoms with van der Waals surface area (Å²) in [6.07, 6.45) is 1.93. The smallest absolute Gasteiger partial charge is 0.317 e. The Bertz CT molecular complexity index is 407. The van der Waals surface area contributed by atoms with E-state index in [1.54, 1.807) is 0 Å². The second-order valence-electron chi connectivity index (χ2n) is 4.52. The van der Waals surface area contributed by atoms with Crippen molar-refractivity contribution in [3.8, 4) is 0 Å². The number of rotatable bonds is 5. The zero-order valence-corrected chi connectivity index (χ0v) is 9.89. The van der Waals surface area contributed by atoms with Crippen molar-refractivity contribution in [2.45, 2.75) is 26.4 Å². The molecule has 1 aromatic rings. The summed E-state index contributed by atoms with van der Waals surface area (Å²) in [6.45, 7) is 1.71. The van der Waals surface area contributed by atoms with Gasteiger partial charge in [0.05, 0.1) is 0 Å². The minimum atomic E-state index is -0.543. The maximum absolute atomic E-state index is 11.8. The predicted molar refractivity (Wildman–Crippen MR) is 63.1 cm³/mol. The third-order valence-electron chi connectivity index (χ3n) is 3.01. The summed E-state index contributed by atoms with van der Waals surface area (Å²) in [4.78, 5) is 23.2. The van der Waals surface area contributed by atoms with E-state index in [0.29, 0.717) is 0 Å². The molecule has 1 fully saturated rings. The van der Waals surface area contributed by atoms with Crippen LogP contribution >= 0.6 is 0 Å². The second-order valence-corrected chi connectivity index (χ2v) is 4.52. The number of hydrogen-bond donors (Lipinski definition) is 0. The number of ketones is 1. The lowest BCUT2D eigenvalue weighted by Crippen LogP contribution is -2.26. The van der Waals surface area contributed by atoms with E-state index < -0.39 is 5.92 Å². The van der Waals surface area contributed by atoms with Gasteiger partial charge < -0.3 is 4.74 Å². The largest absolute Gasteiger partial charge is 0.460 e. The van der Waals surface area contributed by atoms with Crippen LogP contribution in [0.5, 0.6) is 0 Å². The summed E-state index contributed by atoms with van der Waals surface area (Å²) in [6, 6.07) is 9.49. The predicted octanol–water partition coefficient (Wildman–Crippen LogP) is 2.35. The van der Waals surface area contributed by atoms with Crippen LogP contribution in [0, 0.1) is 11.8 Å². The molecule has 1 atom stereocenters. The molecule has 3 nitrogen and oxygen atoms in total. The summed E-state index contributed by atoms with van der Waals surface area (Å²) >= 11 is 0. The third kappa shape index (κ3) is 3.16. The molecule has 2 rings (SSSR count). The fourth-order valence-corrected chi connectivity index (χ4v) is 1.94. The number of benzene rings is 1. The van der Waals surface area contributed by atoms with E-state index >= 15 is 0 Å². The fourth-order valence-electron chi connectivity index (χ4n) is 1.94. The Morgan fingerprint density at radius 3 is 2.47 bits per heavy atom. The lowest BCUT2D eigenvalue weighted by atomic mass is 10.00. The Kier molecular flexibility index (Phi) is 3.57. The second kappa shape index (κ2) is 5.13. The Labute approximate surface area is 101 Å². The summed E-state index contributed by atoms with van der Waals surface area (Å²) < 4.78 is 5.19. The highest BCUT2D eigenvalue weighted by Gasteiger charge is 2.40. The quantitative estimate of drug-likeness (QED) is 0.578. The first kappa shape index (κ1) is 11.8. The molecule has 90 valence electrons. The van der Waals surface area contributed by atoms with Gasteiger partial charge >= 0.3 is 5.97 Å². The zero-order chi connectivity index (χ0) is 12.3. The number of Topliss-reactive ketones (excluding diaryl/α,β-unsaturated/α-hetero) is 1. The molecule has 1 aliphatic carbocycles. The van der Waals surface area contributed by atoms with Gasteiger partial charge in [0.25, 0.3) is 0 Å². The zero-order valence-electron chi connectivity index (χ0n) is 9.89. The molecule has 1 aromatic carbocycles. The van der Waals surface area contributed by atoms with Crippen LogP contribution in [0.4, 0.5) is 0 Å². The summed E-state index contributed by atoms with van der Waals surface area (Å²) in [7, 11) is 0. The Morgan fingerprint density at radius 1 is 1.29 bits per heavy atom. The molecular weight excluding hydrogens is 216 g/mol. The highest BCUT2D eigenvalue weighted by Crippen LogP contribution is 2.38. The van der Waals surface area contributed by atoms with E-state index in [2.05, 4.69) is 0 Å². The first-order valence-electron chi connectivity index (χ1n) is 5.89. The molecule has 0 radical (unpaired) electrons. The Morgan fingerprint density at radius 2 is 1.94 bits per heavy atom. The molecule has 0 heterocycles. The molecule has 1 aliphatic rings. The molecule has 0 bridgehead atoms. The Balaban J connectivity index is 1.90. The molecule has 0 aliphatic heterocycles. The molecule has 0 N–H and O–H groups in total. The van der Waals surface area contributed by atoms with E-state index in [-0.39, 0.29) is 24.3 Å². The molecule has 3 heteroatoms. The van der Waals surface area contributed by atoms with Crippen LogP contribution in [0.1, 0.15) is 25.3 Å². The van der Waals surface area contributed by atoms with Crippen LogP contribution in [0.3, 0.4) is 0 Å². The van der Waals surface area contributed by atoms with Gasteiger partial charge in [0.2, 0.25) is 0 Å². The molecule has 17 heavy (non-hydrogen) atoms. The SMILES string of the molecule is CC(=O)[C@H](C(=O)OCc1ccccc1)C1CC1. The van der Waals surface area contributed by atoms with Gasteiger partial charge in [-0.1, -0.05) is 30.3 Å². The van der Waals surface area contributed by atoms with Crippen LogP contribution in [0.2, 0.25) is 0 Å². The van der Waals surface area contributed by atoms with Crippen molar-refractivity contribution in [1.29, 1.82) is 0 Å². The molecule has 0 amide bonds. The van der Waals surface area contributed by atoms with Crippen LogP contribution in [-0.4, -0.2) is 11.8 Å². The maximum Gasteiger partial charge on any atom is 0.317 e. The molecule has 0 saturated heterocycles. The summed E-state index contributed by atoms with van der Waals surface area (Å²) in [5, 5.41) is 0. The summed E-state index contributed by atoms with van der Waals surface area (Å²) in [5.41, 5.74) is 0.943. The maximum atomic E-state index is 11.8. The first-order chi connectivity index (χ1) is 8.18. The molecular formula is C14H16O3. The van der Waals surface area contributed by atoms with Crippen molar-refractivity contribution in [2.24, 2.45) is 11.8 Å². The number of carbonyl (C=O) groups excluding carboxylic acids is 2. The lowest BCUT2D eigenvalue weighted by molar-refractivity contribution is -0.153. The minimum absolute atomic E-state index is 0.0782. The average Bonchev–Trinajstić information content (AvgIpc) is 3.12. The van der Waals surface area contributed by atoms with Gasteiger partial charge in [0.1, 0.15) is 18.3 Å². The fraction of sp³-hybridized carbons (Fsp3) is 0.429. The van der Waals surface area contributed by atoms with Crippen molar-refractivity contribution in [3.05, 3.63) is 35.9 Å². The molecule has 0 aromatic heterocycles. The van der Waals surface area contributed by atoms with Gasteiger partial charge in [-0.3, -0.25) is 9.59 Å². The van der Waals surface area contributed by atoms with Crippen molar-refractivity contribution in [3.63, 3.8) is 0 Å². The van der Waals surface area contributed by atoms with Gasteiger partial charge in [-0.2, -0.15) is 0 Å². The van der Waals surface area contributed by atoms with Crippen molar-refractivity contribution in [2.75, 3.05) is 0 Å². The standard InChI is InChI=1S/C14H16O3/c1-10(15)13(12-7-8-12)14(16)17-9-11-5-3-2-4-6-11/h2-6,12-13H,7-9H2,1H3/t13-/m0/s1. The summed E-state index contributed by atoms with van der Waals surface area (Å²) in [5.74, 6) is -0.774.